The first-order chi connectivity index (χ1) is 9.50. The lowest BCUT2D eigenvalue weighted by atomic mass is 10.2. The Hall–Kier alpha value is -1.44. The van der Waals surface area contributed by atoms with Crippen LogP contribution in [-0.2, 0) is 14.8 Å². The van der Waals surface area contributed by atoms with Gasteiger partial charge < -0.3 is 9.84 Å². The zero-order chi connectivity index (χ0) is 14.8. The van der Waals surface area contributed by atoms with Crippen LogP contribution in [0.1, 0.15) is 23.2 Å². The molecule has 1 fully saturated rings. The van der Waals surface area contributed by atoms with Crippen molar-refractivity contribution in [2.24, 2.45) is 0 Å². The van der Waals surface area contributed by atoms with Gasteiger partial charge >= 0.3 is 5.97 Å². The zero-order valence-electron chi connectivity index (χ0n) is 11.2. The van der Waals surface area contributed by atoms with Crippen LogP contribution in [0.15, 0.2) is 29.2 Å². The molecule has 7 heteroatoms. The third-order valence-corrected chi connectivity index (χ3v) is 5.38. The Kier molecular flexibility index (Phi) is 4.42. The second-order valence-electron chi connectivity index (χ2n) is 4.61. The lowest BCUT2D eigenvalue weighted by Crippen LogP contribution is -2.37. The van der Waals surface area contributed by atoms with Crippen LogP contribution >= 0.6 is 0 Å². The van der Waals surface area contributed by atoms with E-state index in [4.69, 9.17) is 0 Å². The molecule has 1 saturated heterocycles. The van der Waals surface area contributed by atoms with E-state index in [1.54, 1.807) is 0 Å². The molecular weight excluding hydrogens is 282 g/mol. The molecule has 0 spiro atoms. The molecule has 1 aliphatic rings. The van der Waals surface area contributed by atoms with E-state index in [2.05, 4.69) is 4.74 Å². The number of rotatable bonds is 4. The molecule has 20 heavy (non-hydrogen) atoms. The molecule has 0 aromatic heterocycles. The number of hydrogen-bond acceptors (Lipinski definition) is 5. The number of carbonyl (C=O) groups excluding carboxylic acids is 1. The number of aliphatic hydroxyl groups is 1. The lowest BCUT2D eigenvalue weighted by Gasteiger charge is -2.22. The number of esters is 1. The maximum Gasteiger partial charge on any atom is 0.337 e. The molecule has 6 nitrogen and oxygen atoms in total. The predicted molar refractivity (Wildman–Crippen MR) is 71.8 cm³/mol. The number of ether oxygens (including phenoxy) is 1. The maximum atomic E-state index is 12.5. The highest BCUT2D eigenvalue weighted by Crippen LogP contribution is 2.25. The largest absolute Gasteiger partial charge is 0.465 e. The van der Waals surface area contributed by atoms with Crippen molar-refractivity contribution in [1.82, 2.24) is 4.31 Å². The summed E-state index contributed by atoms with van der Waals surface area (Å²) in [5, 5.41) is 9.23. The zero-order valence-corrected chi connectivity index (χ0v) is 12.0. The van der Waals surface area contributed by atoms with Gasteiger partial charge in [-0.15, -0.1) is 0 Å². The third kappa shape index (κ3) is 2.70. The standard InChI is InChI=1S/C13H17NO5S/c1-19-13(16)10-4-6-12(7-5-10)20(17,18)14-8-2-3-11(14)9-15/h4-7,11,15H,2-3,8-9H2,1H3/t11-/m1/s1. The Balaban J connectivity index is 2.28. The SMILES string of the molecule is COC(=O)c1ccc(S(=O)(=O)N2CCC[C@@H]2CO)cc1. The maximum absolute atomic E-state index is 12.5. The lowest BCUT2D eigenvalue weighted by molar-refractivity contribution is 0.0600. The molecule has 0 saturated carbocycles. The Morgan fingerprint density at radius 1 is 1.40 bits per heavy atom. The summed E-state index contributed by atoms with van der Waals surface area (Å²) in [6, 6.07) is 5.24. The highest BCUT2D eigenvalue weighted by molar-refractivity contribution is 7.89. The first-order valence-electron chi connectivity index (χ1n) is 6.32. The quantitative estimate of drug-likeness (QED) is 0.824. The topological polar surface area (TPSA) is 83.9 Å². The Bertz CT molecular complexity index is 581. The van der Waals surface area contributed by atoms with Gasteiger partial charge in [0.05, 0.1) is 24.2 Å². The fourth-order valence-electron chi connectivity index (χ4n) is 2.32. The van der Waals surface area contributed by atoms with Crippen LogP contribution in [0.25, 0.3) is 0 Å². The summed E-state index contributed by atoms with van der Waals surface area (Å²) in [6.45, 7) is 0.228. The number of nitrogens with zero attached hydrogens (tertiary/aromatic N) is 1. The molecule has 0 aliphatic carbocycles. The van der Waals surface area contributed by atoms with Gasteiger partial charge in [0.15, 0.2) is 0 Å². The number of carbonyl (C=O) groups is 1. The van der Waals surface area contributed by atoms with E-state index in [1.807, 2.05) is 0 Å². The molecule has 0 radical (unpaired) electrons. The first kappa shape index (κ1) is 15.0. The summed E-state index contributed by atoms with van der Waals surface area (Å²) in [5.74, 6) is -0.511. The summed E-state index contributed by atoms with van der Waals surface area (Å²) in [4.78, 5) is 11.4. The monoisotopic (exact) mass is 299 g/mol. The summed E-state index contributed by atoms with van der Waals surface area (Å²) >= 11 is 0. The molecule has 0 bridgehead atoms. The minimum absolute atomic E-state index is 0.116. The van der Waals surface area contributed by atoms with Gasteiger partial charge in [0.1, 0.15) is 0 Å². The fraction of sp³-hybridized carbons (Fsp3) is 0.462. The van der Waals surface area contributed by atoms with Gasteiger partial charge in [0, 0.05) is 12.6 Å². The molecule has 0 unspecified atom stereocenters. The molecule has 1 heterocycles. The number of aliphatic hydroxyl groups excluding tert-OH is 1. The van der Waals surface area contributed by atoms with Crippen molar-refractivity contribution in [3.8, 4) is 0 Å². The van der Waals surface area contributed by atoms with Crippen molar-refractivity contribution in [3.63, 3.8) is 0 Å². The summed E-state index contributed by atoms with van der Waals surface area (Å²) in [7, 11) is -2.36. The molecule has 1 atom stereocenters. The summed E-state index contributed by atoms with van der Waals surface area (Å²) in [6.07, 6.45) is 1.40. The fourth-order valence-corrected chi connectivity index (χ4v) is 4.01. The van der Waals surface area contributed by atoms with Gasteiger partial charge in [-0.1, -0.05) is 0 Å². The van der Waals surface area contributed by atoms with Gasteiger partial charge in [0.25, 0.3) is 0 Å². The van der Waals surface area contributed by atoms with Crippen LogP contribution in [0, 0.1) is 0 Å². The minimum atomic E-state index is -3.63. The molecule has 110 valence electrons. The van der Waals surface area contributed by atoms with Crippen molar-refractivity contribution in [3.05, 3.63) is 29.8 Å². The van der Waals surface area contributed by atoms with E-state index < -0.39 is 16.0 Å². The molecule has 1 aromatic carbocycles. The normalized spacial score (nSPS) is 20.0. The van der Waals surface area contributed by atoms with Crippen molar-refractivity contribution < 1.29 is 23.1 Å². The molecule has 0 amide bonds. The Morgan fingerprint density at radius 2 is 2.05 bits per heavy atom. The first-order valence-corrected chi connectivity index (χ1v) is 7.76. The van der Waals surface area contributed by atoms with Gasteiger partial charge in [-0.3, -0.25) is 0 Å². The number of hydrogen-bond donors (Lipinski definition) is 1. The smallest absolute Gasteiger partial charge is 0.337 e. The third-order valence-electron chi connectivity index (χ3n) is 3.42. The van der Waals surface area contributed by atoms with Crippen LogP contribution in [0.5, 0.6) is 0 Å². The summed E-state index contributed by atoms with van der Waals surface area (Å²) in [5.41, 5.74) is 0.298. The highest BCUT2D eigenvalue weighted by Gasteiger charge is 2.34. The van der Waals surface area contributed by atoms with Crippen LogP contribution in [0.3, 0.4) is 0 Å². The van der Waals surface area contributed by atoms with Crippen molar-refractivity contribution in [2.75, 3.05) is 20.3 Å². The Labute approximate surface area is 118 Å². The molecule has 2 rings (SSSR count). The second kappa shape index (κ2) is 5.90. The average molecular weight is 299 g/mol. The van der Waals surface area contributed by atoms with Gasteiger partial charge in [-0.05, 0) is 37.1 Å². The van der Waals surface area contributed by atoms with Crippen molar-refractivity contribution in [2.45, 2.75) is 23.8 Å². The number of benzene rings is 1. The predicted octanol–water partition coefficient (Wildman–Crippen LogP) is 0.619. The van der Waals surface area contributed by atoms with E-state index in [-0.39, 0.29) is 17.5 Å². The van der Waals surface area contributed by atoms with Crippen molar-refractivity contribution >= 4 is 16.0 Å². The van der Waals surface area contributed by atoms with E-state index >= 15 is 0 Å². The highest BCUT2D eigenvalue weighted by atomic mass is 32.2. The van der Waals surface area contributed by atoms with E-state index in [1.165, 1.54) is 35.7 Å². The van der Waals surface area contributed by atoms with Gasteiger partial charge in [-0.25, -0.2) is 13.2 Å². The molecule has 1 aliphatic heterocycles. The van der Waals surface area contributed by atoms with Crippen LogP contribution in [0.4, 0.5) is 0 Å². The van der Waals surface area contributed by atoms with Crippen LogP contribution in [-0.4, -0.2) is 50.1 Å². The van der Waals surface area contributed by atoms with E-state index in [9.17, 15) is 18.3 Å². The minimum Gasteiger partial charge on any atom is -0.465 e. The van der Waals surface area contributed by atoms with Crippen LogP contribution < -0.4 is 0 Å². The molecule has 1 aromatic rings. The van der Waals surface area contributed by atoms with Gasteiger partial charge in [0.2, 0.25) is 10.0 Å². The second-order valence-corrected chi connectivity index (χ2v) is 6.50. The van der Waals surface area contributed by atoms with Crippen molar-refractivity contribution in [1.29, 1.82) is 0 Å². The summed E-state index contributed by atoms with van der Waals surface area (Å²) < 4.78 is 30.8. The average Bonchev–Trinajstić information content (AvgIpc) is 2.95. The Morgan fingerprint density at radius 3 is 2.60 bits per heavy atom. The van der Waals surface area contributed by atoms with Gasteiger partial charge in [-0.2, -0.15) is 4.31 Å². The number of methoxy groups -OCH3 is 1. The molecule has 1 N–H and O–H groups in total. The van der Waals surface area contributed by atoms with E-state index in [0.29, 0.717) is 18.5 Å². The van der Waals surface area contributed by atoms with E-state index in [0.717, 1.165) is 6.42 Å². The molecular formula is C13H17NO5S. The number of sulfonamides is 1. The van der Waals surface area contributed by atoms with Crippen LogP contribution in [0.2, 0.25) is 0 Å².